The highest BCUT2D eigenvalue weighted by atomic mass is 16.5. The number of ether oxygens (including phenoxy) is 2. The number of pyridine rings is 1. The van der Waals surface area contributed by atoms with Crippen LogP contribution in [-0.4, -0.2) is 35.8 Å². The molecule has 0 aliphatic carbocycles. The van der Waals surface area contributed by atoms with Crippen molar-refractivity contribution in [1.29, 1.82) is 0 Å². The van der Waals surface area contributed by atoms with Gasteiger partial charge in [0.15, 0.2) is 0 Å². The third-order valence-electron chi connectivity index (χ3n) is 3.32. The van der Waals surface area contributed by atoms with Crippen LogP contribution in [0.5, 0.6) is 0 Å². The van der Waals surface area contributed by atoms with Crippen LogP contribution >= 0.6 is 0 Å². The minimum atomic E-state index is -0.334. The van der Waals surface area contributed by atoms with Crippen molar-refractivity contribution in [3.63, 3.8) is 0 Å². The number of hydrogen-bond donors (Lipinski definition) is 1. The molecule has 0 bridgehead atoms. The second-order valence-electron chi connectivity index (χ2n) is 5.59. The second kappa shape index (κ2) is 6.22. The SMILES string of the molecule is CCOC(=O)c1ccc(NC2CCOC(C)(C)C2)nc1. The maximum atomic E-state index is 11.5. The van der Waals surface area contributed by atoms with Gasteiger partial charge in [0.1, 0.15) is 5.82 Å². The summed E-state index contributed by atoms with van der Waals surface area (Å²) in [6.45, 7) is 7.10. The molecule has 1 N–H and O–H groups in total. The van der Waals surface area contributed by atoms with E-state index in [1.165, 1.54) is 0 Å². The summed E-state index contributed by atoms with van der Waals surface area (Å²) in [6, 6.07) is 3.90. The van der Waals surface area contributed by atoms with Crippen molar-refractivity contribution < 1.29 is 14.3 Å². The third kappa shape index (κ3) is 3.93. The zero-order valence-corrected chi connectivity index (χ0v) is 12.3. The highest BCUT2D eigenvalue weighted by Gasteiger charge is 2.28. The standard InChI is InChI=1S/C15H22N2O3/c1-4-19-14(18)11-5-6-13(16-10-11)17-12-7-8-20-15(2,3)9-12/h5-6,10,12H,4,7-9H2,1-3H3,(H,16,17). The van der Waals surface area contributed by atoms with Gasteiger partial charge in [-0.2, -0.15) is 0 Å². The molecule has 110 valence electrons. The first kappa shape index (κ1) is 14.8. The van der Waals surface area contributed by atoms with Gasteiger partial charge < -0.3 is 14.8 Å². The van der Waals surface area contributed by atoms with E-state index in [-0.39, 0.29) is 11.6 Å². The van der Waals surface area contributed by atoms with E-state index in [9.17, 15) is 4.79 Å². The lowest BCUT2D eigenvalue weighted by molar-refractivity contribution is -0.0553. The van der Waals surface area contributed by atoms with Gasteiger partial charge in [0.05, 0.1) is 17.8 Å². The van der Waals surface area contributed by atoms with Crippen LogP contribution in [0.4, 0.5) is 5.82 Å². The normalized spacial score (nSPS) is 21.2. The molecule has 2 heterocycles. The van der Waals surface area contributed by atoms with Crippen LogP contribution < -0.4 is 5.32 Å². The summed E-state index contributed by atoms with van der Waals surface area (Å²) < 4.78 is 10.6. The average molecular weight is 278 g/mol. The van der Waals surface area contributed by atoms with Crippen molar-refractivity contribution in [2.45, 2.75) is 45.3 Å². The van der Waals surface area contributed by atoms with Crippen molar-refractivity contribution in [2.24, 2.45) is 0 Å². The second-order valence-corrected chi connectivity index (χ2v) is 5.59. The van der Waals surface area contributed by atoms with E-state index in [2.05, 4.69) is 24.1 Å². The molecule has 1 unspecified atom stereocenters. The minimum absolute atomic E-state index is 0.0964. The van der Waals surface area contributed by atoms with Crippen LogP contribution in [0, 0.1) is 0 Å². The summed E-state index contributed by atoms with van der Waals surface area (Å²) in [6.07, 6.45) is 3.45. The molecule has 1 aliphatic rings. The Morgan fingerprint density at radius 1 is 1.55 bits per heavy atom. The van der Waals surface area contributed by atoms with Gasteiger partial charge in [0.2, 0.25) is 0 Å². The monoisotopic (exact) mass is 278 g/mol. The Hall–Kier alpha value is -1.62. The van der Waals surface area contributed by atoms with E-state index in [1.54, 1.807) is 19.2 Å². The van der Waals surface area contributed by atoms with Crippen molar-refractivity contribution in [3.8, 4) is 0 Å². The third-order valence-corrected chi connectivity index (χ3v) is 3.32. The fourth-order valence-corrected chi connectivity index (χ4v) is 2.38. The van der Waals surface area contributed by atoms with Crippen molar-refractivity contribution >= 4 is 11.8 Å². The van der Waals surface area contributed by atoms with Gasteiger partial charge in [0, 0.05) is 18.8 Å². The molecular formula is C15H22N2O3. The first-order valence-corrected chi connectivity index (χ1v) is 7.04. The summed E-state index contributed by atoms with van der Waals surface area (Å²) in [5.74, 6) is 0.444. The summed E-state index contributed by atoms with van der Waals surface area (Å²) in [4.78, 5) is 15.8. The van der Waals surface area contributed by atoms with Crippen LogP contribution in [0.1, 0.15) is 44.0 Å². The molecule has 0 saturated carbocycles. The minimum Gasteiger partial charge on any atom is -0.462 e. The van der Waals surface area contributed by atoms with E-state index in [0.29, 0.717) is 18.2 Å². The number of carbonyl (C=O) groups is 1. The number of rotatable bonds is 4. The number of nitrogens with zero attached hydrogens (tertiary/aromatic N) is 1. The molecule has 1 aliphatic heterocycles. The molecule has 2 rings (SSSR count). The zero-order valence-electron chi connectivity index (χ0n) is 12.3. The molecule has 1 aromatic heterocycles. The Morgan fingerprint density at radius 3 is 2.95 bits per heavy atom. The van der Waals surface area contributed by atoms with E-state index in [1.807, 2.05) is 6.07 Å². The fraction of sp³-hybridized carbons (Fsp3) is 0.600. The van der Waals surface area contributed by atoms with Crippen LogP contribution in [0.25, 0.3) is 0 Å². The molecule has 5 heteroatoms. The molecule has 5 nitrogen and oxygen atoms in total. The van der Waals surface area contributed by atoms with Crippen molar-refractivity contribution in [3.05, 3.63) is 23.9 Å². The Balaban J connectivity index is 1.95. The molecule has 0 radical (unpaired) electrons. The number of nitrogens with one attached hydrogen (secondary N) is 1. The molecule has 0 amide bonds. The quantitative estimate of drug-likeness (QED) is 0.858. The van der Waals surface area contributed by atoms with E-state index in [0.717, 1.165) is 25.3 Å². The highest BCUT2D eigenvalue weighted by Crippen LogP contribution is 2.25. The van der Waals surface area contributed by atoms with Crippen LogP contribution in [-0.2, 0) is 9.47 Å². The largest absolute Gasteiger partial charge is 0.462 e. The van der Waals surface area contributed by atoms with Gasteiger partial charge in [-0.15, -0.1) is 0 Å². The van der Waals surface area contributed by atoms with E-state index >= 15 is 0 Å². The molecular weight excluding hydrogens is 256 g/mol. The number of esters is 1. The van der Waals surface area contributed by atoms with Crippen LogP contribution in [0.3, 0.4) is 0 Å². The molecule has 1 aromatic rings. The molecule has 0 spiro atoms. The van der Waals surface area contributed by atoms with Gasteiger partial charge >= 0.3 is 5.97 Å². The lowest BCUT2D eigenvalue weighted by Gasteiger charge is -2.36. The van der Waals surface area contributed by atoms with E-state index in [4.69, 9.17) is 9.47 Å². The number of carbonyl (C=O) groups excluding carboxylic acids is 1. The van der Waals surface area contributed by atoms with Gasteiger partial charge in [-0.3, -0.25) is 0 Å². The molecule has 1 atom stereocenters. The first-order valence-electron chi connectivity index (χ1n) is 7.04. The van der Waals surface area contributed by atoms with Crippen LogP contribution in [0.15, 0.2) is 18.3 Å². The van der Waals surface area contributed by atoms with Gasteiger partial charge in [0.25, 0.3) is 0 Å². The molecule has 20 heavy (non-hydrogen) atoms. The lowest BCUT2D eigenvalue weighted by atomic mass is 9.94. The predicted molar refractivity (Wildman–Crippen MR) is 76.9 cm³/mol. The summed E-state index contributed by atoms with van der Waals surface area (Å²) >= 11 is 0. The average Bonchev–Trinajstić information content (AvgIpc) is 2.38. The van der Waals surface area contributed by atoms with E-state index < -0.39 is 0 Å². The zero-order chi connectivity index (χ0) is 14.6. The maximum absolute atomic E-state index is 11.5. The first-order chi connectivity index (χ1) is 9.50. The topological polar surface area (TPSA) is 60.5 Å². The molecule has 1 fully saturated rings. The summed E-state index contributed by atoms with van der Waals surface area (Å²) in [5, 5.41) is 3.39. The Bertz CT molecular complexity index is 457. The predicted octanol–water partition coefficient (Wildman–Crippen LogP) is 2.63. The van der Waals surface area contributed by atoms with Gasteiger partial charge in [-0.05, 0) is 45.7 Å². The maximum Gasteiger partial charge on any atom is 0.339 e. The Labute approximate surface area is 119 Å². The highest BCUT2D eigenvalue weighted by molar-refractivity contribution is 5.89. The molecule has 1 saturated heterocycles. The number of anilines is 1. The Morgan fingerprint density at radius 2 is 2.35 bits per heavy atom. The number of aromatic nitrogens is 1. The Kier molecular flexibility index (Phi) is 4.60. The fourth-order valence-electron chi connectivity index (χ4n) is 2.38. The van der Waals surface area contributed by atoms with Crippen molar-refractivity contribution in [1.82, 2.24) is 4.98 Å². The number of hydrogen-bond acceptors (Lipinski definition) is 5. The molecule has 0 aromatic carbocycles. The summed E-state index contributed by atoms with van der Waals surface area (Å²) in [7, 11) is 0. The van der Waals surface area contributed by atoms with Crippen molar-refractivity contribution in [2.75, 3.05) is 18.5 Å². The summed E-state index contributed by atoms with van der Waals surface area (Å²) in [5.41, 5.74) is 0.380. The van der Waals surface area contributed by atoms with Gasteiger partial charge in [-0.1, -0.05) is 0 Å². The van der Waals surface area contributed by atoms with Crippen LogP contribution in [0.2, 0.25) is 0 Å². The van der Waals surface area contributed by atoms with Gasteiger partial charge in [-0.25, -0.2) is 9.78 Å². The smallest absolute Gasteiger partial charge is 0.339 e. The lowest BCUT2D eigenvalue weighted by Crippen LogP contribution is -2.40.